The minimum absolute atomic E-state index is 0. The van der Waals surface area contributed by atoms with E-state index >= 15 is 0 Å². The number of nitrogens with zero attached hydrogens (tertiary/aromatic N) is 2. The molecule has 5 aromatic rings. The summed E-state index contributed by atoms with van der Waals surface area (Å²) in [6.07, 6.45) is 3.91. The van der Waals surface area contributed by atoms with Gasteiger partial charge >= 0.3 is 0 Å². The van der Waals surface area contributed by atoms with Crippen LogP contribution in [0.3, 0.4) is 0 Å². The molecule has 0 aliphatic heterocycles. The number of aromatic nitrogens is 2. The van der Waals surface area contributed by atoms with Crippen molar-refractivity contribution in [1.82, 2.24) is 9.97 Å². The van der Waals surface area contributed by atoms with Gasteiger partial charge in [0.15, 0.2) is 0 Å². The molecule has 0 saturated carbocycles. The third-order valence-electron chi connectivity index (χ3n) is 6.12. The van der Waals surface area contributed by atoms with Crippen molar-refractivity contribution in [1.29, 1.82) is 0 Å². The number of rotatable bonds is 9. The van der Waals surface area contributed by atoms with E-state index in [9.17, 15) is 0 Å². The second-order valence-corrected chi connectivity index (χ2v) is 11.1. The molecule has 0 fully saturated rings. The van der Waals surface area contributed by atoms with Crippen LogP contribution in [0.25, 0.3) is 11.3 Å². The van der Waals surface area contributed by atoms with Gasteiger partial charge in [-0.25, -0.2) is 0 Å². The summed E-state index contributed by atoms with van der Waals surface area (Å²) in [5.41, 5.74) is 5.49. The average Bonchev–Trinajstić information content (AvgIpc) is 2.94. The van der Waals surface area contributed by atoms with Gasteiger partial charge in [0.25, 0.3) is 0 Å². The van der Waals surface area contributed by atoms with Crippen LogP contribution in [0.15, 0.2) is 121 Å². The van der Waals surface area contributed by atoms with E-state index in [0.29, 0.717) is 0 Å². The number of aryl methyl sites for hydroxylation is 2. The fourth-order valence-electron chi connectivity index (χ4n) is 4.37. The van der Waals surface area contributed by atoms with Crippen LogP contribution in [-0.2, 0) is 39.1 Å². The molecule has 4 heteroatoms. The molecule has 0 amide bonds. The molecule has 1 radical (unpaired) electrons. The van der Waals surface area contributed by atoms with Crippen LogP contribution in [-0.4, -0.2) is 9.97 Å². The summed E-state index contributed by atoms with van der Waals surface area (Å²) in [5, 5.41) is 2.86. The van der Waals surface area contributed by atoms with Crippen LogP contribution in [0.4, 0.5) is 0 Å². The van der Waals surface area contributed by atoms with E-state index < -0.39 is 7.92 Å². The van der Waals surface area contributed by atoms with Crippen LogP contribution >= 0.6 is 7.92 Å². The van der Waals surface area contributed by atoms with Gasteiger partial charge in [-0.1, -0.05) is 54.6 Å². The van der Waals surface area contributed by atoms with Gasteiger partial charge in [-0.2, -0.15) is 0 Å². The molecule has 36 heavy (non-hydrogen) atoms. The largest absolute Gasteiger partial charge is 0.301 e. The van der Waals surface area contributed by atoms with Crippen LogP contribution in [0.5, 0.6) is 0 Å². The summed E-state index contributed by atoms with van der Waals surface area (Å²) in [5.74, 6) is 0. The third-order valence-corrected chi connectivity index (χ3v) is 8.90. The van der Waals surface area contributed by atoms with Gasteiger partial charge in [0, 0.05) is 31.5 Å². The van der Waals surface area contributed by atoms with E-state index in [-0.39, 0.29) is 20.1 Å². The first-order valence-electron chi connectivity index (χ1n) is 12.2. The molecule has 181 valence electrons. The van der Waals surface area contributed by atoms with Crippen LogP contribution in [0.2, 0.25) is 0 Å². The van der Waals surface area contributed by atoms with E-state index in [1.54, 1.807) is 0 Å². The van der Waals surface area contributed by atoms with Crippen LogP contribution in [0, 0.1) is 6.07 Å². The molecule has 0 aliphatic carbocycles. The average molecular weight is 665 g/mol. The molecule has 3 aromatic carbocycles. The molecular formula is C32H29IrN2P. The molecule has 0 atom stereocenters. The van der Waals surface area contributed by atoms with Gasteiger partial charge in [0.2, 0.25) is 0 Å². The zero-order valence-corrected chi connectivity index (χ0v) is 23.5. The van der Waals surface area contributed by atoms with Gasteiger partial charge in [-0.05, 0) is 67.4 Å². The first-order chi connectivity index (χ1) is 17.3. The van der Waals surface area contributed by atoms with Crippen molar-refractivity contribution in [2.75, 3.05) is 0 Å². The summed E-state index contributed by atoms with van der Waals surface area (Å²) in [7, 11) is -0.938. The van der Waals surface area contributed by atoms with E-state index in [0.717, 1.165) is 48.1 Å². The molecule has 2 aromatic heterocycles. The Morgan fingerprint density at radius 3 is 1.78 bits per heavy atom. The van der Waals surface area contributed by atoms with Crippen molar-refractivity contribution in [3.63, 3.8) is 0 Å². The van der Waals surface area contributed by atoms with Gasteiger partial charge in [-0.15, -0.1) is 35.9 Å². The van der Waals surface area contributed by atoms with Crippen molar-refractivity contribution in [3.8, 4) is 11.3 Å². The van der Waals surface area contributed by atoms with Crippen LogP contribution in [0.1, 0.15) is 23.5 Å². The van der Waals surface area contributed by atoms with E-state index in [2.05, 4.69) is 109 Å². The normalized spacial score (nSPS) is 10.7. The Hall–Kier alpha value is -2.96. The summed E-state index contributed by atoms with van der Waals surface area (Å²) in [6, 6.07) is 45.9. The molecule has 0 saturated heterocycles. The maximum absolute atomic E-state index is 5.06. The second kappa shape index (κ2) is 13.4. The van der Waals surface area contributed by atoms with Crippen molar-refractivity contribution in [2.45, 2.75) is 25.4 Å². The molecule has 0 bridgehead atoms. The summed E-state index contributed by atoms with van der Waals surface area (Å²) in [6.45, 7) is 0. The fourth-order valence-corrected chi connectivity index (χ4v) is 6.86. The minimum Gasteiger partial charge on any atom is -0.301 e. The Bertz CT molecular complexity index is 1310. The van der Waals surface area contributed by atoms with E-state index in [4.69, 9.17) is 9.97 Å². The predicted octanol–water partition coefficient (Wildman–Crippen LogP) is 6.48. The zero-order chi connectivity index (χ0) is 23.7. The number of hydrogen-bond donors (Lipinski definition) is 0. The van der Waals surface area contributed by atoms with Crippen molar-refractivity contribution in [2.24, 2.45) is 0 Å². The Morgan fingerprint density at radius 2 is 1.14 bits per heavy atom. The Kier molecular flexibility index (Phi) is 9.70. The SMILES string of the molecule is [Ir].[c-]1ccccc1-c1cccc(CCCc2cccc(C[PH+](c3ccccc3)c3ccccc3)n2)n1. The van der Waals surface area contributed by atoms with Crippen LogP contribution < -0.4 is 10.6 Å². The van der Waals surface area contributed by atoms with Gasteiger partial charge in [0.1, 0.15) is 6.16 Å². The molecule has 2 nitrogen and oxygen atoms in total. The number of benzene rings is 3. The molecule has 0 N–H and O–H groups in total. The molecule has 2 heterocycles. The summed E-state index contributed by atoms with van der Waals surface area (Å²) >= 11 is 0. The third kappa shape index (κ3) is 7.05. The number of hydrogen-bond acceptors (Lipinski definition) is 2. The molecule has 5 rings (SSSR count). The number of pyridine rings is 2. The molecule has 0 unspecified atom stereocenters. The van der Waals surface area contributed by atoms with Gasteiger partial charge < -0.3 is 4.98 Å². The fraction of sp³-hybridized carbons (Fsp3) is 0.125. The topological polar surface area (TPSA) is 25.8 Å². The smallest absolute Gasteiger partial charge is 0.108 e. The van der Waals surface area contributed by atoms with E-state index in [1.807, 2.05) is 18.2 Å². The Morgan fingerprint density at radius 1 is 0.556 bits per heavy atom. The first kappa shape index (κ1) is 26.1. The zero-order valence-electron chi connectivity index (χ0n) is 20.1. The quantitative estimate of drug-likeness (QED) is 0.133. The summed E-state index contributed by atoms with van der Waals surface area (Å²) < 4.78 is 0. The Balaban J connectivity index is 0.00000304. The van der Waals surface area contributed by atoms with Crippen molar-refractivity contribution < 1.29 is 20.1 Å². The monoisotopic (exact) mass is 665 g/mol. The predicted molar refractivity (Wildman–Crippen MR) is 149 cm³/mol. The minimum atomic E-state index is -0.938. The van der Waals surface area contributed by atoms with Crippen molar-refractivity contribution in [3.05, 3.63) is 144 Å². The first-order valence-corrected chi connectivity index (χ1v) is 13.9. The second-order valence-electron chi connectivity index (χ2n) is 8.65. The van der Waals surface area contributed by atoms with Gasteiger partial charge in [-0.3, -0.25) is 4.98 Å². The molecular weight excluding hydrogens is 636 g/mol. The molecule has 0 spiro atoms. The standard InChI is InChI=1S/C32H28N2P.Ir/c1-4-13-26(14-5-1)32-24-12-18-28(34-32)17-10-15-27-16-11-19-29(33-27)25-35(30-20-6-2-7-21-30)31-22-8-3-9-23-31;/h1-9,11-13,16,18-24H,10,15,17,25H2;/q-1;/p+1. The maximum atomic E-state index is 5.06. The Labute approximate surface area is 229 Å². The van der Waals surface area contributed by atoms with E-state index in [1.165, 1.54) is 16.3 Å². The maximum Gasteiger partial charge on any atom is 0.108 e. The summed E-state index contributed by atoms with van der Waals surface area (Å²) in [4.78, 5) is 9.91. The van der Waals surface area contributed by atoms with Crippen molar-refractivity contribution >= 4 is 18.5 Å². The molecule has 0 aliphatic rings. The van der Waals surface area contributed by atoms with Gasteiger partial charge in [0.05, 0.1) is 24.2 Å².